The summed E-state index contributed by atoms with van der Waals surface area (Å²) in [6.07, 6.45) is 0.447. The monoisotopic (exact) mass is 348 g/mol. The highest BCUT2D eigenvalue weighted by Gasteiger charge is 2.21. The van der Waals surface area contributed by atoms with Crippen LogP contribution in [-0.2, 0) is 20.9 Å². The molecule has 1 aliphatic rings. The molecule has 25 heavy (non-hydrogen) atoms. The Hall–Kier alpha value is -1.96. The standard InChI is InChI=1S/C18H28N4O3/c1-18(2,19)17(24)20-13-14-4-3-5-15(12-14)21-16(23)6-7-22-8-10-25-11-9-22/h3-5,12H,6-11,13,19H2,1-2H3,(H,20,24)(H,21,23). The summed E-state index contributed by atoms with van der Waals surface area (Å²) in [6.45, 7) is 7.64. The minimum Gasteiger partial charge on any atom is -0.379 e. The van der Waals surface area contributed by atoms with Gasteiger partial charge in [0.25, 0.3) is 0 Å². The molecule has 1 aromatic carbocycles. The molecule has 0 bridgehead atoms. The highest BCUT2D eigenvalue weighted by atomic mass is 16.5. The van der Waals surface area contributed by atoms with Crippen LogP contribution >= 0.6 is 0 Å². The molecule has 2 rings (SSSR count). The summed E-state index contributed by atoms with van der Waals surface area (Å²) in [5, 5.41) is 5.70. The van der Waals surface area contributed by atoms with Crippen LogP contribution in [0.2, 0.25) is 0 Å². The molecule has 1 saturated heterocycles. The third kappa shape index (κ3) is 6.81. The van der Waals surface area contributed by atoms with E-state index in [2.05, 4.69) is 15.5 Å². The maximum atomic E-state index is 12.1. The van der Waals surface area contributed by atoms with Crippen molar-refractivity contribution in [3.8, 4) is 0 Å². The van der Waals surface area contributed by atoms with Gasteiger partial charge in [0.05, 0.1) is 18.8 Å². The van der Waals surface area contributed by atoms with Gasteiger partial charge in [-0.05, 0) is 31.5 Å². The SMILES string of the molecule is CC(C)(N)C(=O)NCc1cccc(NC(=O)CCN2CCOCC2)c1. The first-order valence-corrected chi connectivity index (χ1v) is 8.60. The van der Waals surface area contributed by atoms with Gasteiger partial charge in [0.2, 0.25) is 11.8 Å². The highest BCUT2D eigenvalue weighted by molar-refractivity contribution is 5.91. The van der Waals surface area contributed by atoms with Crippen molar-refractivity contribution in [1.82, 2.24) is 10.2 Å². The van der Waals surface area contributed by atoms with Gasteiger partial charge in [-0.25, -0.2) is 0 Å². The Morgan fingerprint density at radius 2 is 2.00 bits per heavy atom. The summed E-state index contributed by atoms with van der Waals surface area (Å²) in [4.78, 5) is 26.2. The summed E-state index contributed by atoms with van der Waals surface area (Å²) in [5.41, 5.74) is 6.48. The van der Waals surface area contributed by atoms with E-state index in [0.29, 0.717) is 13.0 Å². The Morgan fingerprint density at radius 1 is 1.28 bits per heavy atom. The second kappa shape index (κ2) is 8.94. The second-order valence-electron chi connectivity index (χ2n) is 6.86. The molecule has 0 atom stereocenters. The van der Waals surface area contributed by atoms with Gasteiger partial charge in [-0.1, -0.05) is 12.1 Å². The van der Waals surface area contributed by atoms with Crippen LogP contribution in [0.1, 0.15) is 25.8 Å². The maximum Gasteiger partial charge on any atom is 0.239 e. The van der Waals surface area contributed by atoms with Crippen LogP contribution in [0.3, 0.4) is 0 Å². The lowest BCUT2D eigenvalue weighted by Crippen LogP contribution is -2.48. The molecule has 7 heteroatoms. The van der Waals surface area contributed by atoms with Gasteiger partial charge in [-0.15, -0.1) is 0 Å². The number of anilines is 1. The van der Waals surface area contributed by atoms with Crippen LogP contribution in [0.4, 0.5) is 5.69 Å². The second-order valence-corrected chi connectivity index (χ2v) is 6.86. The molecule has 4 N–H and O–H groups in total. The molecule has 0 unspecified atom stereocenters. The lowest BCUT2D eigenvalue weighted by Gasteiger charge is -2.26. The van der Waals surface area contributed by atoms with Crippen LogP contribution in [0.25, 0.3) is 0 Å². The number of nitrogens with zero attached hydrogens (tertiary/aromatic N) is 1. The normalized spacial score (nSPS) is 15.6. The molecule has 1 heterocycles. The molecule has 7 nitrogen and oxygen atoms in total. The predicted molar refractivity (Wildman–Crippen MR) is 97.1 cm³/mol. The minimum absolute atomic E-state index is 0.0178. The molecule has 138 valence electrons. The lowest BCUT2D eigenvalue weighted by molar-refractivity contribution is -0.125. The smallest absolute Gasteiger partial charge is 0.239 e. The maximum absolute atomic E-state index is 12.1. The van der Waals surface area contributed by atoms with E-state index < -0.39 is 5.54 Å². The quantitative estimate of drug-likeness (QED) is 0.674. The largest absolute Gasteiger partial charge is 0.379 e. The molecule has 1 aromatic rings. The van der Waals surface area contributed by atoms with E-state index in [-0.39, 0.29) is 11.8 Å². The van der Waals surface area contributed by atoms with Crippen molar-refractivity contribution >= 4 is 17.5 Å². The zero-order chi connectivity index (χ0) is 18.3. The van der Waals surface area contributed by atoms with Gasteiger partial charge < -0.3 is 21.1 Å². The van der Waals surface area contributed by atoms with Gasteiger partial charge in [0.15, 0.2) is 0 Å². The number of benzene rings is 1. The molecule has 0 radical (unpaired) electrons. The molecule has 0 spiro atoms. The van der Waals surface area contributed by atoms with E-state index in [1.807, 2.05) is 24.3 Å². The van der Waals surface area contributed by atoms with E-state index in [4.69, 9.17) is 10.5 Å². The fourth-order valence-corrected chi connectivity index (χ4v) is 2.48. The van der Waals surface area contributed by atoms with Crippen LogP contribution < -0.4 is 16.4 Å². The summed E-state index contributed by atoms with van der Waals surface area (Å²) in [6, 6.07) is 7.45. The first-order valence-electron chi connectivity index (χ1n) is 8.60. The molecule has 0 aliphatic carbocycles. The van der Waals surface area contributed by atoms with Gasteiger partial charge in [-0.2, -0.15) is 0 Å². The zero-order valence-corrected chi connectivity index (χ0v) is 15.0. The number of nitrogens with two attached hydrogens (primary N) is 1. The Labute approximate surface area is 148 Å². The highest BCUT2D eigenvalue weighted by Crippen LogP contribution is 2.11. The predicted octanol–water partition coefficient (Wildman–Crippen LogP) is 0.701. The zero-order valence-electron chi connectivity index (χ0n) is 15.0. The molecule has 1 fully saturated rings. The number of nitrogens with one attached hydrogen (secondary N) is 2. The number of morpholine rings is 1. The van der Waals surface area contributed by atoms with Crippen LogP contribution in [0, 0.1) is 0 Å². The molecule has 0 saturated carbocycles. The number of carbonyl (C=O) groups excluding carboxylic acids is 2. The van der Waals surface area contributed by atoms with E-state index in [1.165, 1.54) is 0 Å². The number of hydrogen-bond acceptors (Lipinski definition) is 5. The van der Waals surface area contributed by atoms with Crippen molar-refractivity contribution in [2.24, 2.45) is 5.73 Å². The van der Waals surface area contributed by atoms with Crippen molar-refractivity contribution in [2.45, 2.75) is 32.4 Å². The average Bonchev–Trinajstić information content (AvgIpc) is 2.58. The molecular formula is C18H28N4O3. The number of amides is 2. The van der Waals surface area contributed by atoms with Crippen molar-refractivity contribution in [1.29, 1.82) is 0 Å². The van der Waals surface area contributed by atoms with Gasteiger partial charge in [-0.3, -0.25) is 14.5 Å². The Bertz CT molecular complexity index is 592. The topological polar surface area (TPSA) is 96.7 Å². The van der Waals surface area contributed by atoms with Crippen molar-refractivity contribution in [2.75, 3.05) is 38.2 Å². The number of hydrogen-bond donors (Lipinski definition) is 3. The van der Waals surface area contributed by atoms with E-state index in [0.717, 1.165) is 44.1 Å². The third-order valence-corrected chi connectivity index (χ3v) is 4.01. The number of carbonyl (C=O) groups is 2. The van der Waals surface area contributed by atoms with E-state index in [1.54, 1.807) is 13.8 Å². The fraction of sp³-hybridized carbons (Fsp3) is 0.556. The number of rotatable bonds is 7. The van der Waals surface area contributed by atoms with Crippen LogP contribution in [-0.4, -0.2) is 55.1 Å². The van der Waals surface area contributed by atoms with Crippen LogP contribution in [0.15, 0.2) is 24.3 Å². The first kappa shape index (κ1) is 19.4. The van der Waals surface area contributed by atoms with E-state index >= 15 is 0 Å². The van der Waals surface area contributed by atoms with Gasteiger partial charge in [0.1, 0.15) is 0 Å². The summed E-state index contributed by atoms with van der Waals surface area (Å²) in [5.74, 6) is -0.233. The summed E-state index contributed by atoms with van der Waals surface area (Å²) >= 11 is 0. The Morgan fingerprint density at radius 3 is 2.68 bits per heavy atom. The summed E-state index contributed by atoms with van der Waals surface area (Å²) < 4.78 is 5.30. The minimum atomic E-state index is -0.911. The number of ether oxygens (including phenoxy) is 1. The molecule has 1 aliphatic heterocycles. The Kier molecular flexibility index (Phi) is 6.92. The molecular weight excluding hydrogens is 320 g/mol. The lowest BCUT2D eigenvalue weighted by atomic mass is 10.1. The third-order valence-electron chi connectivity index (χ3n) is 4.01. The average molecular weight is 348 g/mol. The summed E-state index contributed by atoms with van der Waals surface area (Å²) in [7, 11) is 0. The fourth-order valence-electron chi connectivity index (χ4n) is 2.48. The van der Waals surface area contributed by atoms with Crippen LogP contribution in [0.5, 0.6) is 0 Å². The van der Waals surface area contributed by atoms with Gasteiger partial charge >= 0.3 is 0 Å². The van der Waals surface area contributed by atoms with Crippen molar-refractivity contribution in [3.63, 3.8) is 0 Å². The van der Waals surface area contributed by atoms with Crippen molar-refractivity contribution in [3.05, 3.63) is 29.8 Å². The molecule has 0 aromatic heterocycles. The van der Waals surface area contributed by atoms with Crippen molar-refractivity contribution < 1.29 is 14.3 Å². The Balaban J connectivity index is 1.79. The van der Waals surface area contributed by atoms with Gasteiger partial charge in [0, 0.05) is 38.3 Å². The first-order chi connectivity index (χ1) is 11.8. The molecule has 2 amide bonds. The van der Waals surface area contributed by atoms with E-state index in [9.17, 15) is 9.59 Å².